The number of aromatic nitrogens is 1. The molecule has 0 aliphatic rings. The maximum atomic E-state index is 10.9. The molecular formula is C14H19N3O2. The van der Waals surface area contributed by atoms with Crippen LogP contribution in [0.1, 0.15) is 25.0 Å². The number of nitrogens with one attached hydrogen (secondary N) is 1. The third-order valence-electron chi connectivity index (χ3n) is 3.56. The molecule has 5 heteroatoms. The van der Waals surface area contributed by atoms with Gasteiger partial charge in [-0.3, -0.25) is 15.0 Å². The van der Waals surface area contributed by atoms with Crippen LogP contribution in [0.3, 0.4) is 0 Å². The molecule has 5 nitrogen and oxygen atoms in total. The lowest BCUT2D eigenvalue weighted by Crippen LogP contribution is -2.21. The predicted octanol–water partition coefficient (Wildman–Crippen LogP) is 3.23. The molecule has 1 N–H and O–H groups in total. The molecule has 0 bridgehead atoms. The molecule has 0 atom stereocenters. The van der Waals surface area contributed by atoms with Crippen molar-refractivity contribution in [3.05, 3.63) is 39.6 Å². The fraction of sp³-hybridized carbons (Fsp3) is 0.429. The number of nitro benzene ring substituents is 1. The number of rotatable bonds is 5. The molecule has 0 aliphatic carbocycles. The molecule has 1 aromatic heterocycles. The minimum absolute atomic E-state index is 0.158. The molecular weight excluding hydrogens is 242 g/mol. The molecule has 1 aromatic carbocycles. The van der Waals surface area contributed by atoms with Gasteiger partial charge in [0, 0.05) is 35.8 Å². The zero-order valence-electron chi connectivity index (χ0n) is 11.6. The molecule has 0 fully saturated rings. The van der Waals surface area contributed by atoms with Gasteiger partial charge in [0.2, 0.25) is 0 Å². The van der Waals surface area contributed by atoms with Gasteiger partial charge >= 0.3 is 0 Å². The first-order chi connectivity index (χ1) is 9.06. The van der Waals surface area contributed by atoms with Crippen molar-refractivity contribution in [3.8, 4) is 0 Å². The topological polar surface area (TPSA) is 62.2 Å². The van der Waals surface area contributed by atoms with E-state index in [0.717, 1.165) is 41.7 Å². The third-order valence-corrected chi connectivity index (χ3v) is 3.56. The fourth-order valence-corrected chi connectivity index (χ4v) is 2.37. The Kier molecular flexibility index (Phi) is 3.85. The minimum atomic E-state index is -0.333. The first kappa shape index (κ1) is 13.5. The van der Waals surface area contributed by atoms with E-state index < -0.39 is 0 Å². The zero-order chi connectivity index (χ0) is 14.0. The van der Waals surface area contributed by atoms with Crippen LogP contribution in [0.4, 0.5) is 5.69 Å². The Bertz CT molecular complexity index is 600. The van der Waals surface area contributed by atoms with Crippen molar-refractivity contribution in [2.24, 2.45) is 0 Å². The van der Waals surface area contributed by atoms with E-state index in [2.05, 4.69) is 23.7 Å². The zero-order valence-corrected chi connectivity index (χ0v) is 11.6. The second kappa shape index (κ2) is 5.40. The van der Waals surface area contributed by atoms with Gasteiger partial charge in [0.25, 0.3) is 5.69 Å². The fourth-order valence-electron chi connectivity index (χ4n) is 2.37. The van der Waals surface area contributed by atoms with E-state index in [-0.39, 0.29) is 10.6 Å². The molecule has 2 rings (SSSR count). The van der Waals surface area contributed by atoms with E-state index in [0.29, 0.717) is 0 Å². The normalized spacial score (nSPS) is 11.4. The molecule has 0 amide bonds. The summed E-state index contributed by atoms with van der Waals surface area (Å²) < 4.78 is 0. The van der Waals surface area contributed by atoms with Crippen LogP contribution in [-0.2, 0) is 6.54 Å². The van der Waals surface area contributed by atoms with Crippen LogP contribution in [0.25, 0.3) is 10.9 Å². The maximum absolute atomic E-state index is 10.9. The Balaban J connectivity index is 2.48. The SMILES string of the molecule is CCN(CC)Cc1c[nH]c2c(C)cc([N+](=O)[O-])cc12. The Morgan fingerprint density at radius 2 is 2.00 bits per heavy atom. The van der Waals surface area contributed by atoms with Crippen LogP contribution in [0.5, 0.6) is 0 Å². The van der Waals surface area contributed by atoms with E-state index >= 15 is 0 Å². The van der Waals surface area contributed by atoms with E-state index in [1.54, 1.807) is 12.1 Å². The molecule has 2 aromatic rings. The Hall–Kier alpha value is -1.88. The van der Waals surface area contributed by atoms with Crippen LogP contribution in [0.2, 0.25) is 0 Å². The van der Waals surface area contributed by atoms with Gasteiger partial charge < -0.3 is 4.98 Å². The Morgan fingerprint density at radius 3 is 2.58 bits per heavy atom. The van der Waals surface area contributed by atoms with Crippen molar-refractivity contribution in [1.29, 1.82) is 0 Å². The van der Waals surface area contributed by atoms with Crippen molar-refractivity contribution in [1.82, 2.24) is 9.88 Å². The molecule has 0 spiro atoms. The van der Waals surface area contributed by atoms with Crippen LogP contribution in [0, 0.1) is 17.0 Å². The van der Waals surface area contributed by atoms with E-state index in [9.17, 15) is 10.1 Å². The van der Waals surface area contributed by atoms with Gasteiger partial charge in [-0.25, -0.2) is 0 Å². The molecule has 19 heavy (non-hydrogen) atoms. The van der Waals surface area contributed by atoms with E-state index in [1.165, 1.54) is 0 Å². The first-order valence-electron chi connectivity index (χ1n) is 6.54. The molecule has 0 saturated carbocycles. The Labute approximate surface area is 112 Å². The molecule has 0 aliphatic heterocycles. The molecule has 1 heterocycles. The summed E-state index contributed by atoms with van der Waals surface area (Å²) in [6, 6.07) is 3.28. The number of nitrogens with zero attached hydrogens (tertiary/aromatic N) is 2. The maximum Gasteiger partial charge on any atom is 0.270 e. The third kappa shape index (κ3) is 2.61. The van der Waals surface area contributed by atoms with Crippen molar-refractivity contribution < 1.29 is 4.92 Å². The lowest BCUT2D eigenvalue weighted by Gasteiger charge is -2.17. The van der Waals surface area contributed by atoms with Gasteiger partial charge in [-0.15, -0.1) is 0 Å². The highest BCUT2D eigenvalue weighted by Crippen LogP contribution is 2.27. The number of benzene rings is 1. The smallest absolute Gasteiger partial charge is 0.270 e. The number of hydrogen-bond donors (Lipinski definition) is 1. The summed E-state index contributed by atoms with van der Waals surface area (Å²) in [6.07, 6.45) is 1.96. The van der Waals surface area contributed by atoms with Crippen molar-refractivity contribution in [2.75, 3.05) is 13.1 Å². The van der Waals surface area contributed by atoms with Crippen molar-refractivity contribution >= 4 is 16.6 Å². The highest BCUT2D eigenvalue weighted by atomic mass is 16.6. The van der Waals surface area contributed by atoms with Gasteiger partial charge in [0.15, 0.2) is 0 Å². The van der Waals surface area contributed by atoms with Gasteiger partial charge in [-0.2, -0.15) is 0 Å². The van der Waals surface area contributed by atoms with Gasteiger partial charge in [-0.05, 0) is 31.1 Å². The van der Waals surface area contributed by atoms with Crippen molar-refractivity contribution in [2.45, 2.75) is 27.3 Å². The van der Waals surface area contributed by atoms with Gasteiger partial charge in [-0.1, -0.05) is 13.8 Å². The number of H-pyrrole nitrogens is 1. The average molecular weight is 261 g/mol. The molecule has 0 unspecified atom stereocenters. The summed E-state index contributed by atoms with van der Waals surface area (Å²) in [5.41, 5.74) is 3.18. The summed E-state index contributed by atoms with van der Waals surface area (Å²) >= 11 is 0. The number of nitro groups is 1. The minimum Gasteiger partial charge on any atom is -0.361 e. The van der Waals surface area contributed by atoms with Gasteiger partial charge in [0.1, 0.15) is 0 Å². The highest BCUT2D eigenvalue weighted by Gasteiger charge is 2.14. The number of fused-ring (bicyclic) bond motifs is 1. The standard InChI is InChI=1S/C14H19N3O2/c1-4-16(5-2)9-11-8-15-14-10(3)6-12(17(18)19)7-13(11)14/h6-8,15H,4-5,9H2,1-3H3. The lowest BCUT2D eigenvalue weighted by molar-refractivity contribution is -0.384. The van der Waals surface area contributed by atoms with Crippen LogP contribution < -0.4 is 0 Å². The highest BCUT2D eigenvalue weighted by molar-refractivity contribution is 5.88. The largest absolute Gasteiger partial charge is 0.361 e. The second-order valence-corrected chi connectivity index (χ2v) is 4.72. The summed E-state index contributed by atoms with van der Waals surface area (Å²) in [5, 5.41) is 11.9. The summed E-state index contributed by atoms with van der Waals surface area (Å²) in [4.78, 5) is 16.1. The predicted molar refractivity (Wildman–Crippen MR) is 76.3 cm³/mol. The van der Waals surface area contributed by atoms with Crippen LogP contribution in [0.15, 0.2) is 18.3 Å². The first-order valence-corrected chi connectivity index (χ1v) is 6.54. The van der Waals surface area contributed by atoms with E-state index in [4.69, 9.17) is 0 Å². The second-order valence-electron chi connectivity index (χ2n) is 4.72. The Morgan fingerprint density at radius 1 is 1.32 bits per heavy atom. The molecule has 0 saturated heterocycles. The van der Waals surface area contributed by atoms with E-state index in [1.807, 2.05) is 13.1 Å². The molecule has 102 valence electrons. The average Bonchev–Trinajstić information content (AvgIpc) is 2.79. The van der Waals surface area contributed by atoms with Crippen LogP contribution >= 0.6 is 0 Å². The van der Waals surface area contributed by atoms with Gasteiger partial charge in [0.05, 0.1) is 4.92 Å². The number of non-ortho nitro benzene ring substituents is 1. The summed E-state index contributed by atoms with van der Waals surface area (Å²) in [7, 11) is 0. The number of aromatic amines is 1. The quantitative estimate of drug-likeness (QED) is 0.664. The number of aryl methyl sites for hydroxylation is 1. The summed E-state index contributed by atoms with van der Waals surface area (Å²) in [6.45, 7) is 8.88. The summed E-state index contributed by atoms with van der Waals surface area (Å²) in [5.74, 6) is 0. The lowest BCUT2D eigenvalue weighted by atomic mass is 10.1. The monoisotopic (exact) mass is 261 g/mol. The molecule has 0 radical (unpaired) electrons. The van der Waals surface area contributed by atoms with Crippen LogP contribution in [-0.4, -0.2) is 27.9 Å². The number of hydrogen-bond acceptors (Lipinski definition) is 3. The van der Waals surface area contributed by atoms with Crippen molar-refractivity contribution in [3.63, 3.8) is 0 Å².